The predicted molar refractivity (Wildman–Crippen MR) is 72.9 cm³/mol. The molecule has 1 N–H and O–H groups in total. The zero-order valence-electron chi connectivity index (χ0n) is 10.8. The van der Waals surface area contributed by atoms with Gasteiger partial charge in [0.2, 0.25) is 0 Å². The van der Waals surface area contributed by atoms with Crippen molar-refractivity contribution in [3.8, 4) is 0 Å². The number of hydrogen-bond acceptors (Lipinski definition) is 1. The second kappa shape index (κ2) is 5.78. The Balaban J connectivity index is 1.90. The fourth-order valence-corrected chi connectivity index (χ4v) is 2.12. The molecule has 0 aromatic heterocycles. The van der Waals surface area contributed by atoms with Crippen LogP contribution in [0.5, 0.6) is 0 Å². The zero-order valence-corrected chi connectivity index (χ0v) is 10.8. The molecular weight excluding hydrogens is 225 g/mol. The highest BCUT2D eigenvalue weighted by Crippen LogP contribution is 2.09. The van der Waals surface area contributed by atoms with Crippen LogP contribution < -0.4 is 5.32 Å². The lowest BCUT2D eigenvalue weighted by Gasteiger charge is -2.07. The van der Waals surface area contributed by atoms with E-state index in [1.807, 2.05) is 12.1 Å². The van der Waals surface area contributed by atoms with Gasteiger partial charge in [-0.3, -0.25) is 0 Å². The van der Waals surface area contributed by atoms with Crippen molar-refractivity contribution >= 4 is 0 Å². The Bertz CT molecular complexity index is 497. The maximum atomic E-state index is 12.7. The van der Waals surface area contributed by atoms with Crippen LogP contribution in [-0.4, -0.2) is 0 Å². The molecule has 0 bridgehead atoms. The van der Waals surface area contributed by atoms with Gasteiger partial charge in [-0.1, -0.05) is 41.5 Å². The maximum absolute atomic E-state index is 12.7. The smallest absolute Gasteiger partial charge is 0.123 e. The van der Waals surface area contributed by atoms with Crippen LogP contribution in [0.2, 0.25) is 0 Å². The van der Waals surface area contributed by atoms with Crippen LogP contribution in [0, 0.1) is 19.7 Å². The third kappa shape index (κ3) is 3.67. The maximum Gasteiger partial charge on any atom is 0.123 e. The van der Waals surface area contributed by atoms with Gasteiger partial charge >= 0.3 is 0 Å². The van der Waals surface area contributed by atoms with E-state index in [0.29, 0.717) is 0 Å². The summed E-state index contributed by atoms with van der Waals surface area (Å²) in [4.78, 5) is 0. The summed E-state index contributed by atoms with van der Waals surface area (Å²) in [5, 5.41) is 3.37. The minimum absolute atomic E-state index is 0.187. The first-order valence-corrected chi connectivity index (χ1v) is 6.16. The normalized spacial score (nSPS) is 10.6. The van der Waals surface area contributed by atoms with Gasteiger partial charge in [0.15, 0.2) is 0 Å². The molecule has 94 valence electrons. The van der Waals surface area contributed by atoms with Crippen LogP contribution in [0.1, 0.15) is 22.3 Å². The lowest BCUT2D eigenvalue weighted by Crippen LogP contribution is -2.12. The van der Waals surface area contributed by atoms with Gasteiger partial charge in [0.05, 0.1) is 0 Å². The largest absolute Gasteiger partial charge is 0.309 e. The molecule has 18 heavy (non-hydrogen) atoms. The van der Waals surface area contributed by atoms with E-state index in [-0.39, 0.29) is 5.82 Å². The van der Waals surface area contributed by atoms with Crippen LogP contribution >= 0.6 is 0 Å². The van der Waals surface area contributed by atoms with E-state index in [4.69, 9.17) is 0 Å². The van der Waals surface area contributed by atoms with Gasteiger partial charge in [-0.25, -0.2) is 4.39 Å². The summed E-state index contributed by atoms with van der Waals surface area (Å²) in [7, 11) is 0. The number of hydrogen-bond donors (Lipinski definition) is 1. The molecule has 0 unspecified atom stereocenters. The number of rotatable bonds is 4. The standard InChI is InChI=1S/C16H18FN/c1-12-7-13(2)9-15(8-12)11-18-10-14-3-5-16(17)6-4-14/h3-9,18H,10-11H2,1-2H3. The summed E-state index contributed by atoms with van der Waals surface area (Å²) in [6.45, 7) is 5.81. The van der Waals surface area contributed by atoms with Gasteiger partial charge < -0.3 is 5.32 Å². The molecule has 2 heteroatoms. The van der Waals surface area contributed by atoms with Crippen molar-refractivity contribution in [1.29, 1.82) is 0 Å². The first-order valence-electron chi connectivity index (χ1n) is 6.16. The van der Waals surface area contributed by atoms with Crippen molar-refractivity contribution in [2.24, 2.45) is 0 Å². The van der Waals surface area contributed by atoms with Crippen LogP contribution in [0.15, 0.2) is 42.5 Å². The van der Waals surface area contributed by atoms with Crippen molar-refractivity contribution in [3.05, 3.63) is 70.5 Å². The summed E-state index contributed by atoms with van der Waals surface area (Å²) in [5.41, 5.74) is 4.96. The third-order valence-corrected chi connectivity index (χ3v) is 2.85. The molecule has 0 fully saturated rings. The number of aryl methyl sites for hydroxylation is 2. The van der Waals surface area contributed by atoms with Crippen LogP contribution in [0.4, 0.5) is 4.39 Å². The molecule has 2 rings (SSSR count). The molecule has 0 radical (unpaired) electrons. The van der Waals surface area contributed by atoms with Gasteiger partial charge in [0, 0.05) is 13.1 Å². The van der Waals surface area contributed by atoms with E-state index in [0.717, 1.165) is 18.7 Å². The Morgan fingerprint density at radius 3 is 2.00 bits per heavy atom. The number of benzene rings is 2. The predicted octanol–water partition coefficient (Wildman–Crippen LogP) is 3.73. The van der Waals surface area contributed by atoms with E-state index >= 15 is 0 Å². The fraction of sp³-hybridized carbons (Fsp3) is 0.250. The molecule has 1 nitrogen and oxygen atoms in total. The van der Waals surface area contributed by atoms with Crippen LogP contribution in [-0.2, 0) is 13.1 Å². The summed E-state index contributed by atoms with van der Waals surface area (Å²) in [5.74, 6) is -0.187. The second-order valence-corrected chi connectivity index (χ2v) is 4.73. The van der Waals surface area contributed by atoms with Crippen molar-refractivity contribution in [2.45, 2.75) is 26.9 Å². The molecule has 2 aromatic carbocycles. The Kier molecular flexibility index (Phi) is 4.11. The summed E-state index contributed by atoms with van der Waals surface area (Å²) >= 11 is 0. The van der Waals surface area contributed by atoms with Crippen molar-refractivity contribution in [2.75, 3.05) is 0 Å². The second-order valence-electron chi connectivity index (χ2n) is 4.73. The monoisotopic (exact) mass is 243 g/mol. The van der Waals surface area contributed by atoms with E-state index in [1.165, 1.54) is 28.8 Å². The van der Waals surface area contributed by atoms with Gasteiger partial charge in [-0.05, 0) is 37.1 Å². The van der Waals surface area contributed by atoms with Crippen molar-refractivity contribution < 1.29 is 4.39 Å². The molecule has 0 heterocycles. The molecule has 0 amide bonds. The van der Waals surface area contributed by atoms with Gasteiger partial charge in [0.25, 0.3) is 0 Å². The highest BCUT2D eigenvalue weighted by atomic mass is 19.1. The van der Waals surface area contributed by atoms with Gasteiger partial charge in [0.1, 0.15) is 5.82 Å². The van der Waals surface area contributed by atoms with Gasteiger partial charge in [-0.15, -0.1) is 0 Å². The van der Waals surface area contributed by atoms with E-state index in [9.17, 15) is 4.39 Å². The lowest BCUT2D eigenvalue weighted by molar-refractivity contribution is 0.625. The topological polar surface area (TPSA) is 12.0 Å². The average molecular weight is 243 g/mol. The Labute approximate surface area is 108 Å². The molecule has 0 saturated heterocycles. The Morgan fingerprint density at radius 2 is 1.39 bits per heavy atom. The quantitative estimate of drug-likeness (QED) is 0.862. The molecule has 2 aromatic rings. The average Bonchev–Trinajstić information content (AvgIpc) is 2.30. The van der Waals surface area contributed by atoms with E-state index < -0.39 is 0 Å². The lowest BCUT2D eigenvalue weighted by atomic mass is 10.1. The van der Waals surface area contributed by atoms with E-state index in [2.05, 4.69) is 37.4 Å². The SMILES string of the molecule is Cc1cc(C)cc(CNCc2ccc(F)cc2)c1. The van der Waals surface area contributed by atoms with Gasteiger partial charge in [-0.2, -0.15) is 0 Å². The van der Waals surface area contributed by atoms with Crippen LogP contribution in [0.25, 0.3) is 0 Å². The highest BCUT2D eigenvalue weighted by molar-refractivity contribution is 5.28. The fourth-order valence-electron chi connectivity index (χ4n) is 2.12. The van der Waals surface area contributed by atoms with E-state index in [1.54, 1.807) is 0 Å². The first kappa shape index (κ1) is 12.8. The van der Waals surface area contributed by atoms with Crippen molar-refractivity contribution in [1.82, 2.24) is 5.32 Å². The van der Waals surface area contributed by atoms with Crippen LogP contribution in [0.3, 0.4) is 0 Å². The minimum Gasteiger partial charge on any atom is -0.309 e. The Hall–Kier alpha value is -1.67. The molecule has 0 aliphatic carbocycles. The molecular formula is C16H18FN. The molecule has 0 saturated carbocycles. The highest BCUT2D eigenvalue weighted by Gasteiger charge is 1.97. The minimum atomic E-state index is -0.187. The molecule has 0 atom stereocenters. The third-order valence-electron chi connectivity index (χ3n) is 2.85. The molecule has 0 aliphatic rings. The summed E-state index contributed by atoms with van der Waals surface area (Å²) in [6.07, 6.45) is 0. The van der Waals surface area contributed by atoms with Crippen molar-refractivity contribution in [3.63, 3.8) is 0 Å². The first-order chi connectivity index (χ1) is 8.63. The molecule has 0 spiro atoms. The summed E-state index contributed by atoms with van der Waals surface area (Å²) in [6, 6.07) is 13.1. The molecule has 0 aliphatic heterocycles. The summed E-state index contributed by atoms with van der Waals surface area (Å²) < 4.78 is 12.7. The Morgan fingerprint density at radius 1 is 0.833 bits per heavy atom. The number of nitrogens with one attached hydrogen (secondary N) is 1. The number of halogens is 1. The zero-order chi connectivity index (χ0) is 13.0.